The van der Waals surface area contributed by atoms with Gasteiger partial charge in [-0.15, -0.1) is 0 Å². The van der Waals surface area contributed by atoms with Gasteiger partial charge >= 0.3 is 0 Å². The highest BCUT2D eigenvalue weighted by atomic mass is 16.5. The van der Waals surface area contributed by atoms with E-state index in [9.17, 15) is 9.59 Å². The van der Waals surface area contributed by atoms with Crippen molar-refractivity contribution in [2.24, 2.45) is 0 Å². The van der Waals surface area contributed by atoms with Gasteiger partial charge in [-0.2, -0.15) is 0 Å². The summed E-state index contributed by atoms with van der Waals surface area (Å²) < 4.78 is 4.86. The van der Waals surface area contributed by atoms with Crippen molar-refractivity contribution in [2.75, 3.05) is 33.0 Å². The normalized spacial score (nSPS) is 12.3. The Balaban J connectivity index is 2.54. The topological polar surface area (TPSA) is 78.7 Å². The number of amides is 2. The van der Waals surface area contributed by atoms with Crippen LogP contribution in [0.25, 0.3) is 0 Å². The minimum absolute atomic E-state index is 0.0561. The van der Waals surface area contributed by atoms with Crippen LogP contribution in [0, 0.1) is 6.92 Å². The van der Waals surface area contributed by atoms with E-state index < -0.39 is 6.04 Å². The lowest BCUT2D eigenvalue weighted by Gasteiger charge is -2.24. The van der Waals surface area contributed by atoms with Crippen molar-refractivity contribution in [1.82, 2.24) is 15.0 Å². The number of likely N-dealkylation sites (N-methyl/N-ethyl adjacent to an activating group) is 2. The predicted octanol–water partition coefficient (Wildman–Crippen LogP) is 0.330. The van der Waals surface area contributed by atoms with E-state index in [1.165, 1.54) is 4.90 Å². The second kappa shape index (κ2) is 6.33. The van der Waals surface area contributed by atoms with E-state index in [2.05, 4.69) is 10.5 Å². The second-order valence-corrected chi connectivity index (χ2v) is 4.69. The van der Waals surface area contributed by atoms with Gasteiger partial charge in [-0.05, 0) is 20.9 Å². The molecule has 7 nitrogen and oxygen atoms in total. The molecule has 0 radical (unpaired) electrons. The van der Waals surface area contributed by atoms with Crippen molar-refractivity contribution in [3.8, 4) is 0 Å². The summed E-state index contributed by atoms with van der Waals surface area (Å²) in [6, 6.07) is 1.19. The van der Waals surface area contributed by atoms with Crippen LogP contribution in [0.5, 0.6) is 0 Å². The number of anilines is 1. The number of hydrogen-bond donors (Lipinski definition) is 1. The fourth-order valence-corrected chi connectivity index (χ4v) is 1.35. The zero-order chi connectivity index (χ0) is 14.6. The number of carbonyl (C=O) groups excluding carboxylic acids is 2. The molecule has 1 rings (SSSR count). The number of rotatable bonds is 5. The Morgan fingerprint density at radius 2 is 2.05 bits per heavy atom. The first-order valence-corrected chi connectivity index (χ1v) is 5.96. The minimum Gasteiger partial charge on any atom is -0.360 e. The molecule has 0 aliphatic carbocycles. The SMILES string of the molecule is Cc1cc(NC(=O)C(C)N(C)CC(=O)N(C)C)no1. The number of carbonyl (C=O) groups is 2. The molecular formula is C12H20N4O3. The Morgan fingerprint density at radius 1 is 1.42 bits per heavy atom. The highest BCUT2D eigenvalue weighted by Crippen LogP contribution is 2.08. The van der Waals surface area contributed by atoms with Gasteiger partial charge < -0.3 is 14.7 Å². The number of aryl methyl sites for hydroxylation is 1. The van der Waals surface area contributed by atoms with Gasteiger partial charge in [0.25, 0.3) is 0 Å². The first-order chi connectivity index (χ1) is 8.81. The maximum Gasteiger partial charge on any atom is 0.242 e. The number of hydrogen-bond acceptors (Lipinski definition) is 5. The minimum atomic E-state index is -0.444. The molecule has 1 aromatic rings. The summed E-state index contributed by atoms with van der Waals surface area (Å²) in [7, 11) is 5.08. The molecule has 0 saturated heterocycles. The zero-order valence-electron chi connectivity index (χ0n) is 11.9. The van der Waals surface area contributed by atoms with Crippen LogP contribution >= 0.6 is 0 Å². The van der Waals surface area contributed by atoms with E-state index >= 15 is 0 Å². The van der Waals surface area contributed by atoms with E-state index in [4.69, 9.17) is 4.52 Å². The van der Waals surface area contributed by atoms with Crippen LogP contribution in [0.4, 0.5) is 5.82 Å². The number of nitrogens with zero attached hydrogens (tertiary/aromatic N) is 3. The summed E-state index contributed by atoms with van der Waals surface area (Å²) in [6.07, 6.45) is 0. The van der Waals surface area contributed by atoms with Crippen molar-refractivity contribution in [3.05, 3.63) is 11.8 Å². The molecule has 2 amide bonds. The molecule has 1 heterocycles. The van der Waals surface area contributed by atoms with Crippen LogP contribution < -0.4 is 5.32 Å². The lowest BCUT2D eigenvalue weighted by Crippen LogP contribution is -2.44. The molecule has 0 aromatic carbocycles. The molecule has 1 N–H and O–H groups in total. The van der Waals surface area contributed by atoms with E-state index in [1.54, 1.807) is 46.0 Å². The predicted molar refractivity (Wildman–Crippen MR) is 70.7 cm³/mol. The van der Waals surface area contributed by atoms with Gasteiger partial charge in [0, 0.05) is 20.2 Å². The van der Waals surface area contributed by atoms with Crippen molar-refractivity contribution >= 4 is 17.6 Å². The second-order valence-electron chi connectivity index (χ2n) is 4.69. The molecule has 0 saturated carbocycles. The largest absolute Gasteiger partial charge is 0.360 e. The molecule has 1 aromatic heterocycles. The molecule has 0 bridgehead atoms. The third-order valence-electron chi connectivity index (χ3n) is 2.80. The maximum absolute atomic E-state index is 12.0. The molecular weight excluding hydrogens is 248 g/mol. The van der Waals surface area contributed by atoms with Gasteiger partial charge in [-0.1, -0.05) is 5.16 Å². The third-order valence-corrected chi connectivity index (χ3v) is 2.80. The Kier molecular flexibility index (Phi) is 5.05. The molecule has 0 spiro atoms. The molecule has 19 heavy (non-hydrogen) atoms. The molecule has 1 atom stereocenters. The van der Waals surface area contributed by atoms with E-state index in [1.807, 2.05) is 0 Å². The van der Waals surface area contributed by atoms with Crippen LogP contribution in [0.2, 0.25) is 0 Å². The smallest absolute Gasteiger partial charge is 0.242 e. The van der Waals surface area contributed by atoms with Crippen LogP contribution in [0.1, 0.15) is 12.7 Å². The van der Waals surface area contributed by atoms with E-state index in [0.717, 1.165) is 0 Å². The van der Waals surface area contributed by atoms with Crippen LogP contribution in [0.15, 0.2) is 10.6 Å². The summed E-state index contributed by atoms with van der Waals surface area (Å²) in [4.78, 5) is 26.7. The zero-order valence-corrected chi connectivity index (χ0v) is 11.9. The highest BCUT2D eigenvalue weighted by Gasteiger charge is 2.21. The van der Waals surface area contributed by atoms with Gasteiger partial charge in [-0.25, -0.2) is 0 Å². The fraction of sp³-hybridized carbons (Fsp3) is 0.583. The van der Waals surface area contributed by atoms with Crippen molar-refractivity contribution < 1.29 is 14.1 Å². The van der Waals surface area contributed by atoms with Gasteiger partial charge in [-0.3, -0.25) is 14.5 Å². The molecule has 0 aliphatic rings. The Hall–Kier alpha value is -1.89. The van der Waals surface area contributed by atoms with Gasteiger partial charge in [0.2, 0.25) is 11.8 Å². The third kappa shape index (κ3) is 4.36. The molecule has 1 unspecified atom stereocenters. The molecule has 0 aliphatic heterocycles. The van der Waals surface area contributed by atoms with E-state index in [-0.39, 0.29) is 18.4 Å². The first kappa shape index (κ1) is 15.2. The lowest BCUT2D eigenvalue weighted by molar-refractivity contribution is -0.131. The highest BCUT2D eigenvalue weighted by molar-refractivity contribution is 5.94. The van der Waals surface area contributed by atoms with Crippen LogP contribution in [-0.2, 0) is 9.59 Å². The summed E-state index contributed by atoms with van der Waals surface area (Å²) >= 11 is 0. The van der Waals surface area contributed by atoms with Gasteiger partial charge in [0.15, 0.2) is 5.82 Å². The van der Waals surface area contributed by atoms with Crippen molar-refractivity contribution in [3.63, 3.8) is 0 Å². The first-order valence-electron chi connectivity index (χ1n) is 5.96. The van der Waals surface area contributed by atoms with Crippen LogP contribution in [-0.4, -0.2) is 60.5 Å². The number of aromatic nitrogens is 1. The summed E-state index contributed by atoms with van der Waals surface area (Å²) in [5.41, 5.74) is 0. The quantitative estimate of drug-likeness (QED) is 0.832. The van der Waals surface area contributed by atoms with Crippen LogP contribution in [0.3, 0.4) is 0 Å². The summed E-state index contributed by atoms with van der Waals surface area (Å²) in [6.45, 7) is 3.65. The monoisotopic (exact) mass is 268 g/mol. The van der Waals surface area contributed by atoms with Crippen molar-refractivity contribution in [2.45, 2.75) is 19.9 Å². The fourth-order valence-electron chi connectivity index (χ4n) is 1.35. The number of nitrogens with one attached hydrogen (secondary N) is 1. The summed E-state index contributed by atoms with van der Waals surface area (Å²) in [5.74, 6) is 0.711. The standard InChI is InChI=1S/C12H20N4O3/c1-8-6-10(14-19-8)13-12(18)9(2)16(5)7-11(17)15(3)4/h6,9H,7H2,1-5H3,(H,13,14,18). The van der Waals surface area contributed by atoms with Gasteiger partial charge in [0.1, 0.15) is 5.76 Å². The lowest BCUT2D eigenvalue weighted by atomic mass is 10.2. The molecule has 106 valence electrons. The summed E-state index contributed by atoms with van der Waals surface area (Å²) in [5, 5.41) is 6.32. The average Bonchev–Trinajstić information content (AvgIpc) is 2.73. The molecule has 7 heteroatoms. The van der Waals surface area contributed by atoms with Crippen molar-refractivity contribution in [1.29, 1.82) is 0 Å². The maximum atomic E-state index is 12.0. The van der Waals surface area contributed by atoms with E-state index in [0.29, 0.717) is 11.6 Å². The average molecular weight is 268 g/mol. The Morgan fingerprint density at radius 3 is 2.53 bits per heavy atom. The Labute approximate surface area is 112 Å². The molecule has 0 fully saturated rings. The van der Waals surface area contributed by atoms with Gasteiger partial charge in [0.05, 0.1) is 12.6 Å². The Bertz CT molecular complexity index is 456.